The van der Waals surface area contributed by atoms with Gasteiger partial charge in [0.2, 0.25) is 5.91 Å². The summed E-state index contributed by atoms with van der Waals surface area (Å²) in [6.45, 7) is 4.87. The van der Waals surface area contributed by atoms with Gasteiger partial charge in [0, 0.05) is 12.1 Å². The molecule has 0 fully saturated rings. The monoisotopic (exact) mass is 364 g/mol. The Balaban J connectivity index is 1.80. The van der Waals surface area contributed by atoms with Gasteiger partial charge in [-0.05, 0) is 43.5 Å². The molecule has 0 spiro atoms. The Kier molecular flexibility index (Phi) is 6.67. The second-order valence-corrected chi connectivity index (χ2v) is 7.01. The van der Waals surface area contributed by atoms with Crippen molar-refractivity contribution in [3.05, 3.63) is 69.7 Å². The molecule has 0 heterocycles. The van der Waals surface area contributed by atoms with Crippen LogP contribution in [0.3, 0.4) is 0 Å². The van der Waals surface area contributed by atoms with Crippen molar-refractivity contribution in [2.75, 3.05) is 13.1 Å². The van der Waals surface area contributed by atoms with Crippen LogP contribution in [0.5, 0.6) is 0 Å². The number of carbonyl (C=O) groups is 1. The summed E-state index contributed by atoms with van der Waals surface area (Å²) in [6, 6.07) is 15.6. The number of rotatable bonds is 7. The van der Waals surface area contributed by atoms with Crippen molar-refractivity contribution in [2.24, 2.45) is 0 Å². The summed E-state index contributed by atoms with van der Waals surface area (Å²) >= 11 is 12.0. The van der Waals surface area contributed by atoms with E-state index < -0.39 is 0 Å². The molecule has 0 radical (unpaired) electrons. The molecule has 2 rings (SSSR count). The van der Waals surface area contributed by atoms with Crippen molar-refractivity contribution in [2.45, 2.75) is 25.8 Å². The number of nitrogens with one attached hydrogen (secondary N) is 2. The van der Waals surface area contributed by atoms with E-state index in [2.05, 4.69) is 22.8 Å². The lowest BCUT2D eigenvalue weighted by Crippen LogP contribution is -2.43. The average molecular weight is 365 g/mol. The Labute approximate surface area is 153 Å². The van der Waals surface area contributed by atoms with Gasteiger partial charge in [0.1, 0.15) is 0 Å². The van der Waals surface area contributed by atoms with E-state index in [0.717, 1.165) is 12.0 Å². The molecule has 0 atom stereocenters. The number of hydrogen-bond donors (Lipinski definition) is 2. The lowest BCUT2D eigenvalue weighted by Gasteiger charge is -2.27. The smallest absolute Gasteiger partial charge is 0.233 e. The molecule has 0 saturated carbocycles. The Morgan fingerprint density at radius 1 is 1.04 bits per heavy atom. The van der Waals surface area contributed by atoms with Gasteiger partial charge in [-0.25, -0.2) is 0 Å². The topological polar surface area (TPSA) is 41.1 Å². The highest BCUT2D eigenvalue weighted by Crippen LogP contribution is 2.28. The summed E-state index contributed by atoms with van der Waals surface area (Å²) in [5, 5.41) is 7.22. The van der Waals surface area contributed by atoms with Gasteiger partial charge in [0.15, 0.2) is 0 Å². The normalized spacial score (nSPS) is 11.3. The van der Waals surface area contributed by atoms with Gasteiger partial charge in [0.25, 0.3) is 0 Å². The van der Waals surface area contributed by atoms with Crippen LogP contribution in [-0.2, 0) is 16.8 Å². The number of halogens is 2. The van der Waals surface area contributed by atoms with Crippen molar-refractivity contribution >= 4 is 29.1 Å². The molecule has 0 aromatic heterocycles. The summed E-state index contributed by atoms with van der Waals surface area (Å²) in [5.74, 6) is -0.0286. The molecule has 2 N–H and O–H groups in total. The molecule has 0 aliphatic rings. The predicted molar refractivity (Wildman–Crippen MR) is 101 cm³/mol. The molecule has 0 aliphatic heterocycles. The second kappa shape index (κ2) is 8.52. The highest BCUT2D eigenvalue weighted by atomic mass is 35.5. The van der Waals surface area contributed by atoms with E-state index in [9.17, 15) is 4.79 Å². The van der Waals surface area contributed by atoms with Crippen LogP contribution < -0.4 is 10.6 Å². The number of amides is 1. The van der Waals surface area contributed by atoms with Gasteiger partial charge < -0.3 is 5.32 Å². The molecule has 2 aromatic rings. The predicted octanol–water partition coefficient (Wildman–Crippen LogP) is 4.18. The van der Waals surface area contributed by atoms with E-state index in [0.29, 0.717) is 16.6 Å². The minimum atomic E-state index is -0.384. The van der Waals surface area contributed by atoms with Gasteiger partial charge in [-0.15, -0.1) is 0 Å². The summed E-state index contributed by atoms with van der Waals surface area (Å²) in [7, 11) is 0. The number of benzene rings is 2. The van der Waals surface area contributed by atoms with E-state index in [-0.39, 0.29) is 18.0 Å². The van der Waals surface area contributed by atoms with Gasteiger partial charge in [-0.1, -0.05) is 59.6 Å². The summed E-state index contributed by atoms with van der Waals surface area (Å²) in [6.07, 6.45) is 0.822. The zero-order valence-electron chi connectivity index (χ0n) is 13.9. The van der Waals surface area contributed by atoms with Crippen molar-refractivity contribution < 1.29 is 4.79 Å². The van der Waals surface area contributed by atoms with Crippen LogP contribution in [0.15, 0.2) is 48.5 Å². The first-order valence-corrected chi connectivity index (χ1v) is 8.65. The Morgan fingerprint density at radius 2 is 1.75 bits per heavy atom. The summed E-state index contributed by atoms with van der Waals surface area (Å²) in [4.78, 5) is 12.0. The van der Waals surface area contributed by atoms with Crippen LogP contribution in [-0.4, -0.2) is 19.0 Å². The van der Waals surface area contributed by atoms with Crippen molar-refractivity contribution in [3.8, 4) is 0 Å². The van der Waals surface area contributed by atoms with Crippen LogP contribution in [0.2, 0.25) is 10.0 Å². The third-order valence-corrected chi connectivity index (χ3v) is 4.65. The Hall–Kier alpha value is -1.55. The van der Waals surface area contributed by atoms with Crippen molar-refractivity contribution in [3.63, 3.8) is 0 Å². The van der Waals surface area contributed by atoms with Crippen molar-refractivity contribution in [1.82, 2.24) is 10.6 Å². The summed E-state index contributed by atoms with van der Waals surface area (Å²) < 4.78 is 0. The molecule has 0 saturated heterocycles. The first kappa shape index (κ1) is 18.8. The summed E-state index contributed by atoms with van der Waals surface area (Å²) in [5.41, 5.74) is 1.81. The third kappa shape index (κ3) is 5.52. The quantitative estimate of drug-likeness (QED) is 0.773. The fourth-order valence-electron chi connectivity index (χ4n) is 2.34. The SMILES string of the molecule is CC(C)(NCC(=O)NCCc1ccccc1)c1ccc(Cl)c(Cl)c1. The first-order valence-electron chi connectivity index (χ1n) is 7.90. The third-order valence-electron chi connectivity index (χ3n) is 3.91. The van der Waals surface area contributed by atoms with Crippen LogP contribution in [0.4, 0.5) is 0 Å². The van der Waals surface area contributed by atoms with E-state index in [1.807, 2.05) is 44.2 Å². The minimum absolute atomic E-state index is 0.0286. The molecular weight excluding hydrogens is 343 g/mol. The average Bonchev–Trinajstić information content (AvgIpc) is 2.56. The fraction of sp³-hybridized carbons (Fsp3) is 0.316. The van der Waals surface area contributed by atoms with E-state index >= 15 is 0 Å². The molecule has 128 valence electrons. The van der Waals surface area contributed by atoms with Gasteiger partial charge >= 0.3 is 0 Å². The second-order valence-electron chi connectivity index (χ2n) is 6.19. The maximum atomic E-state index is 12.0. The number of hydrogen-bond acceptors (Lipinski definition) is 2. The molecule has 2 aromatic carbocycles. The Morgan fingerprint density at radius 3 is 2.42 bits per heavy atom. The molecule has 5 heteroatoms. The molecule has 24 heavy (non-hydrogen) atoms. The maximum Gasteiger partial charge on any atom is 0.233 e. The zero-order chi connectivity index (χ0) is 17.6. The van der Waals surface area contributed by atoms with Crippen LogP contribution >= 0.6 is 23.2 Å². The van der Waals surface area contributed by atoms with Crippen LogP contribution in [0.25, 0.3) is 0 Å². The van der Waals surface area contributed by atoms with Gasteiger partial charge in [0.05, 0.1) is 16.6 Å². The van der Waals surface area contributed by atoms with E-state index in [4.69, 9.17) is 23.2 Å². The van der Waals surface area contributed by atoms with Crippen LogP contribution in [0, 0.1) is 0 Å². The van der Waals surface area contributed by atoms with E-state index in [1.165, 1.54) is 5.56 Å². The largest absolute Gasteiger partial charge is 0.355 e. The van der Waals surface area contributed by atoms with Gasteiger partial charge in [-0.2, -0.15) is 0 Å². The first-order chi connectivity index (χ1) is 11.4. The Bertz CT molecular complexity index is 687. The van der Waals surface area contributed by atoms with Gasteiger partial charge in [-0.3, -0.25) is 10.1 Å². The number of carbonyl (C=O) groups excluding carboxylic acids is 1. The lowest BCUT2D eigenvalue weighted by molar-refractivity contribution is -0.120. The lowest BCUT2D eigenvalue weighted by atomic mass is 9.94. The van der Waals surface area contributed by atoms with Crippen molar-refractivity contribution in [1.29, 1.82) is 0 Å². The standard InChI is InChI=1S/C19H22Cl2N2O/c1-19(2,15-8-9-16(20)17(21)12-15)23-13-18(24)22-11-10-14-6-4-3-5-7-14/h3-9,12,23H,10-11,13H2,1-2H3,(H,22,24). The molecular formula is C19H22Cl2N2O. The molecule has 3 nitrogen and oxygen atoms in total. The molecule has 0 bridgehead atoms. The van der Waals surface area contributed by atoms with E-state index in [1.54, 1.807) is 6.07 Å². The van der Waals surface area contributed by atoms with Crippen LogP contribution in [0.1, 0.15) is 25.0 Å². The maximum absolute atomic E-state index is 12.0. The molecule has 0 unspecified atom stereocenters. The highest BCUT2D eigenvalue weighted by molar-refractivity contribution is 6.42. The molecule has 1 amide bonds. The molecule has 0 aliphatic carbocycles. The zero-order valence-corrected chi connectivity index (χ0v) is 15.4. The minimum Gasteiger partial charge on any atom is -0.355 e. The highest BCUT2D eigenvalue weighted by Gasteiger charge is 2.21. The fourth-order valence-corrected chi connectivity index (χ4v) is 2.64.